The number of ether oxygens (including phenoxy) is 2. The molecular formula is C22H20ClN3O5. The first kappa shape index (κ1) is 20.9. The SMILES string of the molecule is COc1ccc(N2C(=O)C(Cl)=C(Nc3ccc(C(=O)N4CCOCC4)cc3)C2=O)cc1. The van der Waals surface area contributed by atoms with Crippen molar-refractivity contribution >= 4 is 40.7 Å². The van der Waals surface area contributed by atoms with Crippen molar-refractivity contribution in [2.45, 2.75) is 0 Å². The second-order valence-electron chi connectivity index (χ2n) is 6.94. The molecule has 3 amide bonds. The van der Waals surface area contributed by atoms with Crippen LogP contribution in [0.5, 0.6) is 5.75 Å². The highest BCUT2D eigenvalue weighted by atomic mass is 35.5. The molecule has 0 atom stereocenters. The first-order chi connectivity index (χ1) is 15.0. The summed E-state index contributed by atoms with van der Waals surface area (Å²) in [4.78, 5) is 40.7. The molecule has 0 spiro atoms. The zero-order chi connectivity index (χ0) is 22.0. The third kappa shape index (κ3) is 4.12. The number of benzene rings is 2. The normalized spacial score (nSPS) is 16.7. The van der Waals surface area contributed by atoms with Crippen LogP contribution in [0.15, 0.2) is 59.3 Å². The number of hydrogen-bond donors (Lipinski definition) is 1. The summed E-state index contributed by atoms with van der Waals surface area (Å²) in [5.74, 6) is -0.649. The van der Waals surface area contributed by atoms with Crippen molar-refractivity contribution < 1.29 is 23.9 Å². The number of carbonyl (C=O) groups excluding carboxylic acids is 3. The summed E-state index contributed by atoms with van der Waals surface area (Å²) in [7, 11) is 1.53. The zero-order valence-electron chi connectivity index (χ0n) is 16.8. The largest absolute Gasteiger partial charge is 0.497 e. The summed E-state index contributed by atoms with van der Waals surface area (Å²) >= 11 is 6.17. The van der Waals surface area contributed by atoms with Gasteiger partial charge in [0.25, 0.3) is 17.7 Å². The average Bonchev–Trinajstić information content (AvgIpc) is 3.03. The number of rotatable bonds is 5. The minimum Gasteiger partial charge on any atom is -0.497 e. The lowest BCUT2D eigenvalue weighted by atomic mass is 10.1. The summed E-state index contributed by atoms with van der Waals surface area (Å²) in [5, 5.41) is 2.71. The summed E-state index contributed by atoms with van der Waals surface area (Å²) in [6.07, 6.45) is 0. The Balaban J connectivity index is 1.48. The fourth-order valence-electron chi connectivity index (χ4n) is 3.37. The van der Waals surface area contributed by atoms with Crippen LogP contribution >= 0.6 is 11.6 Å². The van der Waals surface area contributed by atoms with E-state index in [1.807, 2.05) is 0 Å². The van der Waals surface area contributed by atoms with Crippen molar-refractivity contribution in [1.82, 2.24) is 4.90 Å². The van der Waals surface area contributed by atoms with Crippen LogP contribution in [-0.2, 0) is 14.3 Å². The Morgan fingerprint density at radius 3 is 2.26 bits per heavy atom. The van der Waals surface area contributed by atoms with Gasteiger partial charge in [-0.05, 0) is 48.5 Å². The third-order valence-corrected chi connectivity index (χ3v) is 5.41. The molecule has 160 valence electrons. The molecule has 31 heavy (non-hydrogen) atoms. The molecule has 2 aliphatic rings. The number of carbonyl (C=O) groups is 3. The molecule has 1 fully saturated rings. The molecule has 1 saturated heterocycles. The Morgan fingerprint density at radius 1 is 1.00 bits per heavy atom. The van der Waals surface area contributed by atoms with E-state index in [0.717, 1.165) is 4.90 Å². The standard InChI is InChI=1S/C22H20ClN3O5/c1-30-17-8-6-16(7-9-17)26-21(28)18(23)19(22(26)29)24-15-4-2-14(3-5-15)20(27)25-10-12-31-13-11-25/h2-9,24H,10-13H2,1H3. The molecule has 0 unspecified atom stereocenters. The van der Waals surface area contributed by atoms with Gasteiger partial charge in [0.15, 0.2) is 0 Å². The lowest BCUT2D eigenvalue weighted by molar-refractivity contribution is -0.120. The van der Waals surface area contributed by atoms with Gasteiger partial charge in [-0.25, -0.2) is 4.90 Å². The molecule has 0 aliphatic carbocycles. The van der Waals surface area contributed by atoms with Crippen molar-refractivity contribution in [3.05, 3.63) is 64.8 Å². The van der Waals surface area contributed by atoms with E-state index in [4.69, 9.17) is 21.1 Å². The number of imide groups is 1. The number of anilines is 2. The smallest absolute Gasteiger partial charge is 0.283 e. The van der Waals surface area contributed by atoms with Gasteiger partial charge in [-0.15, -0.1) is 0 Å². The number of hydrogen-bond acceptors (Lipinski definition) is 6. The number of nitrogens with zero attached hydrogens (tertiary/aromatic N) is 2. The van der Waals surface area contributed by atoms with Gasteiger partial charge in [-0.2, -0.15) is 0 Å². The highest BCUT2D eigenvalue weighted by molar-refractivity contribution is 6.53. The molecule has 2 aromatic rings. The van der Waals surface area contributed by atoms with E-state index >= 15 is 0 Å². The molecule has 1 N–H and O–H groups in total. The van der Waals surface area contributed by atoms with Crippen LogP contribution in [0.3, 0.4) is 0 Å². The maximum atomic E-state index is 12.9. The van der Waals surface area contributed by atoms with E-state index < -0.39 is 11.8 Å². The van der Waals surface area contributed by atoms with Gasteiger partial charge in [0.05, 0.1) is 26.0 Å². The molecule has 0 aromatic heterocycles. The Hall–Kier alpha value is -3.36. The second-order valence-corrected chi connectivity index (χ2v) is 7.32. The number of halogens is 1. The van der Waals surface area contributed by atoms with Crippen molar-refractivity contribution in [3.8, 4) is 5.75 Å². The topological polar surface area (TPSA) is 88.2 Å². The van der Waals surface area contributed by atoms with E-state index in [9.17, 15) is 14.4 Å². The number of methoxy groups -OCH3 is 1. The molecule has 0 radical (unpaired) electrons. The van der Waals surface area contributed by atoms with Gasteiger partial charge in [-0.3, -0.25) is 14.4 Å². The average molecular weight is 442 g/mol. The van der Waals surface area contributed by atoms with Crippen molar-refractivity contribution in [2.24, 2.45) is 0 Å². The van der Waals surface area contributed by atoms with Crippen LogP contribution in [0.2, 0.25) is 0 Å². The lowest BCUT2D eigenvalue weighted by Crippen LogP contribution is -2.40. The van der Waals surface area contributed by atoms with E-state index in [-0.39, 0.29) is 16.6 Å². The number of morpholine rings is 1. The molecule has 0 bridgehead atoms. The van der Waals surface area contributed by atoms with Gasteiger partial charge in [0, 0.05) is 24.3 Å². The first-order valence-corrected chi connectivity index (χ1v) is 10.0. The van der Waals surface area contributed by atoms with E-state index in [1.54, 1.807) is 53.4 Å². The van der Waals surface area contributed by atoms with E-state index in [0.29, 0.717) is 49.0 Å². The zero-order valence-corrected chi connectivity index (χ0v) is 17.5. The van der Waals surface area contributed by atoms with Crippen LogP contribution in [0.25, 0.3) is 0 Å². The minimum atomic E-state index is -0.613. The van der Waals surface area contributed by atoms with Crippen molar-refractivity contribution in [2.75, 3.05) is 43.6 Å². The van der Waals surface area contributed by atoms with Gasteiger partial charge in [0.1, 0.15) is 16.5 Å². The Labute approximate surface area is 184 Å². The van der Waals surface area contributed by atoms with Crippen molar-refractivity contribution in [1.29, 1.82) is 0 Å². The second kappa shape index (κ2) is 8.79. The molecule has 4 rings (SSSR count). The Bertz CT molecular complexity index is 1040. The lowest BCUT2D eigenvalue weighted by Gasteiger charge is -2.26. The van der Waals surface area contributed by atoms with Gasteiger partial charge < -0.3 is 19.7 Å². The highest BCUT2D eigenvalue weighted by Crippen LogP contribution is 2.31. The quantitative estimate of drug-likeness (QED) is 0.717. The van der Waals surface area contributed by atoms with Gasteiger partial charge in [-0.1, -0.05) is 11.6 Å². The molecular weight excluding hydrogens is 422 g/mol. The highest BCUT2D eigenvalue weighted by Gasteiger charge is 2.39. The van der Waals surface area contributed by atoms with Crippen LogP contribution in [0.4, 0.5) is 11.4 Å². The predicted molar refractivity (Wildman–Crippen MR) is 115 cm³/mol. The van der Waals surface area contributed by atoms with Crippen LogP contribution in [0.1, 0.15) is 10.4 Å². The minimum absolute atomic E-state index is 0.0188. The van der Waals surface area contributed by atoms with E-state index in [1.165, 1.54) is 7.11 Å². The monoisotopic (exact) mass is 441 g/mol. The van der Waals surface area contributed by atoms with Crippen LogP contribution in [-0.4, -0.2) is 56.0 Å². The number of nitrogens with one attached hydrogen (secondary N) is 1. The number of amides is 3. The molecule has 9 heteroatoms. The summed E-state index contributed by atoms with van der Waals surface area (Å²) in [6.45, 7) is 2.16. The fraction of sp³-hybridized carbons (Fsp3) is 0.227. The summed E-state index contributed by atoms with van der Waals surface area (Å²) < 4.78 is 10.4. The molecule has 8 nitrogen and oxygen atoms in total. The predicted octanol–water partition coefficient (Wildman–Crippen LogP) is 2.60. The third-order valence-electron chi connectivity index (χ3n) is 5.06. The van der Waals surface area contributed by atoms with Crippen molar-refractivity contribution in [3.63, 3.8) is 0 Å². The van der Waals surface area contributed by atoms with E-state index in [2.05, 4.69) is 5.32 Å². The molecule has 2 aliphatic heterocycles. The molecule has 0 saturated carbocycles. The molecule has 2 aromatic carbocycles. The Kier molecular flexibility index (Phi) is 5.92. The Morgan fingerprint density at radius 2 is 1.65 bits per heavy atom. The van der Waals surface area contributed by atoms with Gasteiger partial charge >= 0.3 is 0 Å². The van der Waals surface area contributed by atoms with Crippen LogP contribution < -0.4 is 15.0 Å². The summed E-state index contributed by atoms with van der Waals surface area (Å²) in [6, 6.07) is 13.2. The summed E-state index contributed by atoms with van der Waals surface area (Å²) in [5.41, 5.74) is 1.43. The van der Waals surface area contributed by atoms with Crippen LogP contribution in [0, 0.1) is 0 Å². The fourth-order valence-corrected chi connectivity index (χ4v) is 3.58. The maximum absolute atomic E-state index is 12.9. The molecule has 2 heterocycles. The van der Waals surface area contributed by atoms with Gasteiger partial charge in [0.2, 0.25) is 0 Å². The first-order valence-electron chi connectivity index (χ1n) is 9.66. The maximum Gasteiger partial charge on any atom is 0.283 e.